The Labute approximate surface area is 142 Å². The molecule has 2 rings (SSSR count). The monoisotopic (exact) mass is 344 g/mol. The number of hydrogen-bond acceptors (Lipinski definition) is 4. The van der Waals surface area contributed by atoms with Crippen molar-refractivity contribution in [1.82, 2.24) is 4.83 Å². The van der Waals surface area contributed by atoms with Gasteiger partial charge in [0.25, 0.3) is 10.0 Å². The first-order valence-electron chi connectivity index (χ1n) is 7.52. The number of nitrogens with zero attached hydrogens (tertiary/aromatic N) is 1. The summed E-state index contributed by atoms with van der Waals surface area (Å²) in [7, 11) is -3.69. The first kappa shape index (κ1) is 17.7. The van der Waals surface area contributed by atoms with Crippen LogP contribution in [0.3, 0.4) is 0 Å². The van der Waals surface area contributed by atoms with Crippen LogP contribution in [-0.4, -0.2) is 21.2 Å². The number of hydrogen-bond donors (Lipinski definition) is 1. The molecule has 126 valence electrons. The Morgan fingerprint density at radius 3 is 2.42 bits per heavy atom. The first-order chi connectivity index (χ1) is 11.5. The molecule has 0 heterocycles. The fourth-order valence-corrected chi connectivity index (χ4v) is 2.77. The van der Waals surface area contributed by atoms with E-state index in [0.29, 0.717) is 12.4 Å². The molecular formula is C18H20N2O3S. The van der Waals surface area contributed by atoms with Crippen LogP contribution in [-0.2, 0) is 10.0 Å². The second-order valence-corrected chi connectivity index (χ2v) is 6.72. The molecule has 0 aliphatic carbocycles. The Morgan fingerprint density at radius 1 is 1.12 bits per heavy atom. The maximum Gasteiger partial charge on any atom is 0.276 e. The quantitative estimate of drug-likeness (QED) is 0.618. The molecule has 5 nitrogen and oxygen atoms in total. The molecule has 0 radical (unpaired) electrons. The highest BCUT2D eigenvalue weighted by Gasteiger charge is 2.12. The lowest BCUT2D eigenvalue weighted by molar-refractivity contribution is 0.340. The van der Waals surface area contributed by atoms with Crippen LogP contribution in [0.2, 0.25) is 0 Å². The van der Waals surface area contributed by atoms with Crippen molar-refractivity contribution in [3.63, 3.8) is 0 Å². The van der Waals surface area contributed by atoms with Gasteiger partial charge in [0.15, 0.2) is 0 Å². The van der Waals surface area contributed by atoms with Gasteiger partial charge in [-0.05, 0) is 49.2 Å². The zero-order valence-corrected chi connectivity index (χ0v) is 14.5. The summed E-state index contributed by atoms with van der Waals surface area (Å²) in [4.78, 5) is 2.34. The van der Waals surface area contributed by atoms with E-state index in [0.717, 1.165) is 11.1 Å². The lowest BCUT2D eigenvalue weighted by Crippen LogP contribution is -2.18. The number of benzene rings is 2. The number of allylic oxidation sites excluding steroid dienone is 1. The molecule has 0 saturated heterocycles. The molecule has 2 aromatic carbocycles. The molecule has 24 heavy (non-hydrogen) atoms. The number of hydrazone groups is 1. The number of sulfonamides is 1. The van der Waals surface area contributed by atoms with Gasteiger partial charge in [-0.25, -0.2) is 4.83 Å². The second-order valence-electron chi connectivity index (χ2n) is 5.06. The molecule has 2 aromatic rings. The summed E-state index contributed by atoms with van der Waals surface area (Å²) in [5.41, 5.74) is 1.85. The van der Waals surface area contributed by atoms with E-state index in [1.54, 1.807) is 12.1 Å². The molecule has 0 unspecified atom stereocenters. The van der Waals surface area contributed by atoms with Crippen molar-refractivity contribution in [3.05, 3.63) is 65.7 Å². The molecule has 0 amide bonds. The highest BCUT2D eigenvalue weighted by atomic mass is 32.2. The summed E-state index contributed by atoms with van der Waals surface area (Å²) in [6, 6.07) is 15.9. The van der Waals surface area contributed by atoms with Crippen molar-refractivity contribution in [2.75, 3.05) is 6.61 Å². The molecule has 0 bridgehead atoms. The molecule has 0 saturated carbocycles. The van der Waals surface area contributed by atoms with Gasteiger partial charge in [-0.1, -0.05) is 36.4 Å². The van der Waals surface area contributed by atoms with Gasteiger partial charge in [0, 0.05) is 0 Å². The zero-order chi connectivity index (χ0) is 17.4. The van der Waals surface area contributed by atoms with Crippen molar-refractivity contribution >= 4 is 22.3 Å². The van der Waals surface area contributed by atoms with Crippen LogP contribution in [0.5, 0.6) is 5.75 Å². The molecule has 6 heteroatoms. The van der Waals surface area contributed by atoms with E-state index in [1.165, 1.54) is 18.3 Å². The van der Waals surface area contributed by atoms with Crippen molar-refractivity contribution in [2.45, 2.75) is 18.7 Å². The summed E-state index contributed by atoms with van der Waals surface area (Å²) in [6.07, 6.45) is 3.38. The van der Waals surface area contributed by atoms with E-state index in [-0.39, 0.29) is 4.90 Å². The van der Waals surface area contributed by atoms with Gasteiger partial charge >= 0.3 is 0 Å². The van der Waals surface area contributed by atoms with Gasteiger partial charge in [0.05, 0.1) is 17.7 Å². The van der Waals surface area contributed by atoms with E-state index >= 15 is 0 Å². The fraction of sp³-hybridized carbons (Fsp3) is 0.167. The lowest BCUT2D eigenvalue weighted by Gasteiger charge is -2.05. The van der Waals surface area contributed by atoms with Crippen LogP contribution in [0.4, 0.5) is 0 Å². The highest BCUT2D eigenvalue weighted by Crippen LogP contribution is 2.15. The third-order valence-corrected chi connectivity index (χ3v) is 4.32. The summed E-state index contributed by atoms with van der Waals surface area (Å²) in [6.45, 7) is 4.25. The van der Waals surface area contributed by atoms with Gasteiger partial charge in [0.2, 0.25) is 0 Å². The van der Waals surface area contributed by atoms with Crippen LogP contribution in [0.15, 0.2) is 70.2 Å². The van der Waals surface area contributed by atoms with Gasteiger partial charge in [0.1, 0.15) is 5.75 Å². The summed E-state index contributed by atoms with van der Waals surface area (Å²) in [5.74, 6) is 0.626. The van der Waals surface area contributed by atoms with Crippen LogP contribution < -0.4 is 9.57 Å². The number of nitrogens with one attached hydrogen (secondary N) is 1. The van der Waals surface area contributed by atoms with E-state index in [9.17, 15) is 8.42 Å². The SMILES string of the molecule is CCOc1ccc(S(=O)(=O)NN=CC(C)=Cc2ccccc2)cc1. The Kier molecular flexibility index (Phi) is 6.14. The summed E-state index contributed by atoms with van der Waals surface area (Å²) < 4.78 is 29.6. The molecule has 0 aromatic heterocycles. The highest BCUT2D eigenvalue weighted by molar-refractivity contribution is 7.89. The van der Waals surface area contributed by atoms with Crippen molar-refractivity contribution in [2.24, 2.45) is 5.10 Å². The standard InChI is InChI=1S/C18H20N2O3S/c1-3-23-17-9-11-18(12-10-17)24(21,22)20-19-14-15(2)13-16-7-5-4-6-8-16/h4-14,20H,3H2,1-2H3. The number of ether oxygens (including phenoxy) is 1. The predicted molar refractivity (Wildman–Crippen MR) is 96.5 cm³/mol. The minimum atomic E-state index is -3.69. The molecule has 1 N–H and O–H groups in total. The minimum absolute atomic E-state index is 0.132. The molecule has 0 atom stereocenters. The molecule has 0 aliphatic rings. The van der Waals surface area contributed by atoms with Crippen LogP contribution >= 0.6 is 0 Å². The van der Waals surface area contributed by atoms with Crippen LogP contribution in [0, 0.1) is 0 Å². The van der Waals surface area contributed by atoms with Crippen LogP contribution in [0.1, 0.15) is 19.4 Å². The van der Waals surface area contributed by atoms with E-state index in [4.69, 9.17) is 4.74 Å². The molecule has 0 spiro atoms. The first-order valence-corrected chi connectivity index (χ1v) is 9.00. The molecular weight excluding hydrogens is 324 g/mol. The Morgan fingerprint density at radius 2 is 1.79 bits per heavy atom. The normalized spacial score (nSPS) is 12.3. The maximum atomic E-state index is 12.2. The average Bonchev–Trinajstić information content (AvgIpc) is 2.56. The smallest absolute Gasteiger partial charge is 0.276 e. The average molecular weight is 344 g/mol. The fourth-order valence-electron chi connectivity index (χ4n) is 1.98. The van der Waals surface area contributed by atoms with Crippen molar-refractivity contribution in [3.8, 4) is 5.75 Å². The Bertz CT molecular complexity index is 811. The third-order valence-electron chi connectivity index (χ3n) is 3.08. The van der Waals surface area contributed by atoms with Gasteiger partial charge in [-0.15, -0.1) is 0 Å². The predicted octanol–water partition coefficient (Wildman–Crippen LogP) is 3.45. The summed E-state index contributed by atoms with van der Waals surface area (Å²) in [5, 5.41) is 3.81. The minimum Gasteiger partial charge on any atom is -0.494 e. The summed E-state index contributed by atoms with van der Waals surface area (Å²) >= 11 is 0. The Balaban J connectivity index is 2.02. The van der Waals surface area contributed by atoms with Crippen molar-refractivity contribution in [1.29, 1.82) is 0 Å². The number of rotatable bonds is 7. The largest absolute Gasteiger partial charge is 0.494 e. The second kappa shape index (κ2) is 8.31. The van der Waals surface area contributed by atoms with E-state index in [1.807, 2.05) is 50.3 Å². The molecule has 0 aliphatic heterocycles. The van der Waals surface area contributed by atoms with E-state index < -0.39 is 10.0 Å². The van der Waals surface area contributed by atoms with Crippen LogP contribution in [0.25, 0.3) is 6.08 Å². The third kappa shape index (κ3) is 5.24. The topological polar surface area (TPSA) is 67.8 Å². The zero-order valence-electron chi connectivity index (χ0n) is 13.6. The van der Waals surface area contributed by atoms with Gasteiger partial charge in [-0.2, -0.15) is 13.5 Å². The van der Waals surface area contributed by atoms with Crippen molar-refractivity contribution < 1.29 is 13.2 Å². The lowest BCUT2D eigenvalue weighted by atomic mass is 10.1. The Hall–Kier alpha value is -2.60. The van der Waals surface area contributed by atoms with E-state index in [2.05, 4.69) is 9.93 Å². The maximum absolute atomic E-state index is 12.2. The molecule has 0 fully saturated rings. The van der Waals surface area contributed by atoms with Gasteiger partial charge in [-0.3, -0.25) is 0 Å². The van der Waals surface area contributed by atoms with Gasteiger partial charge < -0.3 is 4.74 Å².